The quantitative estimate of drug-likeness (QED) is 0.322. The molecular formula is C13H19N3O2. The van der Waals surface area contributed by atoms with Gasteiger partial charge in [0.25, 0.3) is 0 Å². The van der Waals surface area contributed by atoms with Crippen LogP contribution in [0.5, 0.6) is 0 Å². The van der Waals surface area contributed by atoms with E-state index in [1.54, 1.807) is 0 Å². The fraction of sp³-hybridized carbons (Fsp3) is 0.462. The Morgan fingerprint density at radius 2 is 2.11 bits per heavy atom. The van der Waals surface area contributed by atoms with Gasteiger partial charge in [-0.15, -0.1) is 0 Å². The minimum absolute atomic E-state index is 0.152. The molecule has 0 aromatic heterocycles. The molecule has 1 heterocycles. The van der Waals surface area contributed by atoms with E-state index in [9.17, 15) is 0 Å². The Morgan fingerprint density at radius 1 is 1.39 bits per heavy atom. The van der Waals surface area contributed by atoms with E-state index in [4.69, 9.17) is 15.7 Å². The minimum atomic E-state index is 0.152. The summed E-state index contributed by atoms with van der Waals surface area (Å²) < 4.78 is 5.32. The molecule has 1 aromatic carbocycles. The van der Waals surface area contributed by atoms with Gasteiger partial charge in [-0.25, -0.2) is 0 Å². The Morgan fingerprint density at radius 3 is 2.83 bits per heavy atom. The van der Waals surface area contributed by atoms with Crippen LogP contribution in [0.15, 0.2) is 29.4 Å². The van der Waals surface area contributed by atoms with Crippen LogP contribution in [-0.2, 0) is 11.3 Å². The second-order valence-corrected chi connectivity index (χ2v) is 4.41. The van der Waals surface area contributed by atoms with E-state index in [-0.39, 0.29) is 5.84 Å². The van der Waals surface area contributed by atoms with Crippen LogP contribution in [0.2, 0.25) is 0 Å². The van der Waals surface area contributed by atoms with Crippen molar-refractivity contribution in [1.82, 2.24) is 5.32 Å². The van der Waals surface area contributed by atoms with Crippen molar-refractivity contribution in [3.8, 4) is 0 Å². The Balaban J connectivity index is 2.00. The summed E-state index contributed by atoms with van der Waals surface area (Å²) in [6, 6.07) is 8.16. The first-order valence-corrected chi connectivity index (χ1v) is 6.18. The molecule has 0 amide bonds. The fourth-order valence-corrected chi connectivity index (χ4v) is 2.13. The maximum atomic E-state index is 8.76. The molecule has 0 spiro atoms. The van der Waals surface area contributed by atoms with E-state index < -0.39 is 0 Å². The van der Waals surface area contributed by atoms with Crippen LogP contribution < -0.4 is 11.1 Å². The van der Waals surface area contributed by atoms with Crippen molar-refractivity contribution in [1.29, 1.82) is 0 Å². The van der Waals surface area contributed by atoms with Crippen molar-refractivity contribution in [2.45, 2.75) is 25.4 Å². The van der Waals surface area contributed by atoms with Gasteiger partial charge in [0, 0.05) is 31.4 Å². The molecule has 0 radical (unpaired) electrons. The summed E-state index contributed by atoms with van der Waals surface area (Å²) in [6.07, 6.45) is 2.07. The molecule has 1 aliphatic rings. The standard InChI is InChI=1S/C13H19N3O2/c14-13(16-17)12-4-2-1-3-10(12)9-15-11-5-7-18-8-6-11/h1-4,11,15,17H,5-9H2,(H2,14,16). The molecule has 0 aliphatic carbocycles. The predicted octanol–water partition coefficient (Wildman–Crippen LogP) is 1.05. The zero-order valence-corrected chi connectivity index (χ0v) is 10.3. The topological polar surface area (TPSA) is 79.9 Å². The van der Waals surface area contributed by atoms with Gasteiger partial charge in [0.1, 0.15) is 0 Å². The van der Waals surface area contributed by atoms with Crippen molar-refractivity contribution in [3.05, 3.63) is 35.4 Å². The lowest BCUT2D eigenvalue weighted by Gasteiger charge is -2.23. The van der Waals surface area contributed by atoms with Crippen molar-refractivity contribution < 1.29 is 9.94 Å². The largest absolute Gasteiger partial charge is 0.409 e. The lowest BCUT2D eigenvalue weighted by Crippen LogP contribution is -2.34. The highest BCUT2D eigenvalue weighted by atomic mass is 16.5. The first-order valence-electron chi connectivity index (χ1n) is 6.18. The van der Waals surface area contributed by atoms with Crippen LogP contribution >= 0.6 is 0 Å². The van der Waals surface area contributed by atoms with E-state index in [2.05, 4.69) is 10.5 Å². The second kappa shape index (κ2) is 6.37. The minimum Gasteiger partial charge on any atom is -0.409 e. The molecule has 1 aliphatic heterocycles. The number of benzene rings is 1. The van der Waals surface area contributed by atoms with Gasteiger partial charge in [-0.05, 0) is 18.4 Å². The van der Waals surface area contributed by atoms with Crippen molar-refractivity contribution in [2.24, 2.45) is 10.9 Å². The van der Waals surface area contributed by atoms with Gasteiger partial charge in [-0.1, -0.05) is 29.4 Å². The normalized spacial score (nSPS) is 17.9. The van der Waals surface area contributed by atoms with Gasteiger partial charge in [-0.2, -0.15) is 0 Å². The van der Waals surface area contributed by atoms with E-state index in [0.29, 0.717) is 6.04 Å². The van der Waals surface area contributed by atoms with Crippen molar-refractivity contribution in [3.63, 3.8) is 0 Å². The molecular weight excluding hydrogens is 230 g/mol. The average Bonchev–Trinajstić information content (AvgIpc) is 2.45. The molecule has 4 N–H and O–H groups in total. The average molecular weight is 249 g/mol. The summed E-state index contributed by atoms with van der Waals surface area (Å²) in [5, 5.41) is 15.3. The lowest BCUT2D eigenvalue weighted by atomic mass is 10.0. The van der Waals surface area contributed by atoms with Gasteiger partial charge in [0.2, 0.25) is 0 Å². The molecule has 0 unspecified atom stereocenters. The van der Waals surface area contributed by atoms with E-state index in [0.717, 1.165) is 43.7 Å². The summed E-state index contributed by atoms with van der Waals surface area (Å²) >= 11 is 0. The molecule has 1 saturated heterocycles. The van der Waals surface area contributed by atoms with Crippen molar-refractivity contribution >= 4 is 5.84 Å². The molecule has 1 aromatic rings. The van der Waals surface area contributed by atoms with Crippen LogP contribution in [0.3, 0.4) is 0 Å². The monoisotopic (exact) mass is 249 g/mol. The lowest BCUT2D eigenvalue weighted by molar-refractivity contribution is 0.0776. The van der Waals surface area contributed by atoms with Gasteiger partial charge >= 0.3 is 0 Å². The number of nitrogens with two attached hydrogens (primary N) is 1. The first-order chi connectivity index (χ1) is 8.81. The molecule has 0 saturated carbocycles. The molecule has 98 valence electrons. The van der Waals surface area contributed by atoms with Crippen LogP contribution in [0.25, 0.3) is 0 Å². The molecule has 18 heavy (non-hydrogen) atoms. The number of ether oxygens (including phenoxy) is 1. The number of nitrogens with zero attached hydrogens (tertiary/aromatic N) is 1. The highest BCUT2D eigenvalue weighted by molar-refractivity contribution is 5.98. The maximum absolute atomic E-state index is 8.76. The molecule has 1 fully saturated rings. The highest BCUT2D eigenvalue weighted by Gasteiger charge is 2.14. The Kier molecular flexibility index (Phi) is 4.55. The van der Waals surface area contributed by atoms with Crippen LogP contribution in [0.4, 0.5) is 0 Å². The third kappa shape index (κ3) is 3.21. The number of amidine groups is 1. The molecule has 0 bridgehead atoms. The number of nitrogens with one attached hydrogen (secondary N) is 1. The Bertz CT molecular complexity index is 414. The first kappa shape index (κ1) is 12.9. The number of hydrogen-bond donors (Lipinski definition) is 3. The third-order valence-electron chi connectivity index (χ3n) is 3.20. The maximum Gasteiger partial charge on any atom is 0.170 e. The second-order valence-electron chi connectivity index (χ2n) is 4.41. The third-order valence-corrected chi connectivity index (χ3v) is 3.20. The summed E-state index contributed by atoms with van der Waals surface area (Å²) in [4.78, 5) is 0. The van der Waals surface area contributed by atoms with Crippen LogP contribution in [0.1, 0.15) is 24.0 Å². The number of hydrogen-bond acceptors (Lipinski definition) is 4. The zero-order valence-electron chi connectivity index (χ0n) is 10.3. The van der Waals surface area contributed by atoms with E-state index in [1.165, 1.54) is 0 Å². The molecule has 5 nitrogen and oxygen atoms in total. The van der Waals surface area contributed by atoms with E-state index >= 15 is 0 Å². The fourth-order valence-electron chi connectivity index (χ4n) is 2.13. The smallest absolute Gasteiger partial charge is 0.170 e. The number of rotatable bonds is 4. The SMILES string of the molecule is NC(=NO)c1ccccc1CNC1CCOCC1. The Hall–Kier alpha value is -1.59. The highest BCUT2D eigenvalue weighted by Crippen LogP contribution is 2.11. The number of oxime groups is 1. The van der Waals surface area contributed by atoms with E-state index in [1.807, 2.05) is 24.3 Å². The Labute approximate surface area is 107 Å². The molecule has 2 rings (SSSR count). The summed E-state index contributed by atoms with van der Waals surface area (Å²) in [6.45, 7) is 2.36. The summed E-state index contributed by atoms with van der Waals surface area (Å²) in [5.41, 5.74) is 7.47. The van der Waals surface area contributed by atoms with Gasteiger partial charge < -0.3 is 21.0 Å². The predicted molar refractivity (Wildman–Crippen MR) is 69.6 cm³/mol. The molecule has 5 heteroatoms. The van der Waals surface area contributed by atoms with Crippen LogP contribution in [-0.4, -0.2) is 30.3 Å². The summed E-state index contributed by atoms with van der Waals surface area (Å²) in [5.74, 6) is 0.152. The van der Waals surface area contributed by atoms with Crippen molar-refractivity contribution in [2.75, 3.05) is 13.2 Å². The van der Waals surface area contributed by atoms with Crippen LogP contribution in [0, 0.1) is 0 Å². The summed E-state index contributed by atoms with van der Waals surface area (Å²) in [7, 11) is 0. The molecule has 0 atom stereocenters. The van der Waals surface area contributed by atoms with Gasteiger partial charge in [-0.3, -0.25) is 0 Å². The van der Waals surface area contributed by atoms with Gasteiger partial charge in [0.15, 0.2) is 5.84 Å². The zero-order chi connectivity index (χ0) is 12.8. The van der Waals surface area contributed by atoms with Gasteiger partial charge in [0.05, 0.1) is 0 Å².